The molecule has 1 atom stereocenters. The van der Waals surface area contributed by atoms with E-state index in [0.29, 0.717) is 5.56 Å². The summed E-state index contributed by atoms with van der Waals surface area (Å²) >= 11 is 0. The molecule has 0 aliphatic carbocycles. The van der Waals surface area contributed by atoms with Crippen molar-refractivity contribution in [3.63, 3.8) is 0 Å². The quantitative estimate of drug-likeness (QED) is 0.589. The molecule has 0 heterocycles. The van der Waals surface area contributed by atoms with E-state index in [-0.39, 0.29) is 6.61 Å². The van der Waals surface area contributed by atoms with Gasteiger partial charge in [0.25, 0.3) is 0 Å². The van der Waals surface area contributed by atoms with Crippen molar-refractivity contribution in [1.82, 2.24) is 0 Å². The largest absolute Gasteiger partial charge is 0.464 e. The molecule has 106 valence electrons. The summed E-state index contributed by atoms with van der Waals surface area (Å²) in [4.78, 5) is 12.0. The molecule has 0 aliphatic rings. The highest BCUT2D eigenvalue weighted by Gasteiger charge is 2.23. The van der Waals surface area contributed by atoms with E-state index < -0.39 is 12.1 Å². The lowest BCUT2D eigenvalue weighted by Crippen LogP contribution is -2.16. The molecule has 3 heteroatoms. The van der Waals surface area contributed by atoms with Gasteiger partial charge in [0.05, 0.1) is 6.61 Å². The van der Waals surface area contributed by atoms with Crippen LogP contribution in [0.5, 0.6) is 0 Å². The molecule has 21 heavy (non-hydrogen) atoms. The van der Waals surface area contributed by atoms with Gasteiger partial charge in [-0.1, -0.05) is 48.5 Å². The highest BCUT2D eigenvalue weighted by Crippen LogP contribution is 2.33. The van der Waals surface area contributed by atoms with Crippen molar-refractivity contribution in [3.8, 4) is 0 Å². The number of carbonyl (C=O) groups excluding carboxylic acids is 1. The average molecular weight is 280 g/mol. The molecule has 3 aromatic rings. The molecule has 0 saturated heterocycles. The van der Waals surface area contributed by atoms with Crippen LogP contribution >= 0.6 is 0 Å². The molecule has 3 nitrogen and oxygen atoms in total. The minimum Gasteiger partial charge on any atom is -0.464 e. The Hall–Kier alpha value is -2.39. The van der Waals surface area contributed by atoms with E-state index in [9.17, 15) is 9.90 Å². The van der Waals surface area contributed by atoms with E-state index in [1.165, 1.54) is 0 Å². The number of aliphatic hydroxyl groups is 1. The maximum Gasteiger partial charge on any atom is 0.339 e. The number of hydrogen-bond donors (Lipinski definition) is 1. The summed E-state index contributed by atoms with van der Waals surface area (Å²) in [6.45, 7) is 1.98. The Bertz CT molecular complexity index is 754. The lowest BCUT2D eigenvalue weighted by molar-refractivity contribution is -0.153. The Morgan fingerprint density at radius 3 is 2.10 bits per heavy atom. The van der Waals surface area contributed by atoms with Gasteiger partial charge in [-0.2, -0.15) is 0 Å². The fraction of sp³-hybridized carbons (Fsp3) is 0.167. The topological polar surface area (TPSA) is 46.5 Å². The number of carbonyl (C=O) groups is 1. The Balaban J connectivity index is 2.32. The summed E-state index contributed by atoms with van der Waals surface area (Å²) in [5.41, 5.74) is 0.613. The smallest absolute Gasteiger partial charge is 0.339 e. The van der Waals surface area contributed by atoms with Crippen molar-refractivity contribution in [2.75, 3.05) is 6.61 Å². The summed E-state index contributed by atoms with van der Waals surface area (Å²) in [5, 5.41) is 14.2. The molecule has 0 amide bonds. The Kier molecular flexibility index (Phi) is 3.59. The van der Waals surface area contributed by atoms with Gasteiger partial charge >= 0.3 is 5.97 Å². The molecule has 0 aromatic heterocycles. The summed E-state index contributed by atoms with van der Waals surface area (Å²) in [6, 6.07) is 17.5. The molecule has 0 fully saturated rings. The van der Waals surface area contributed by atoms with Gasteiger partial charge in [-0.3, -0.25) is 0 Å². The molecular formula is C18H16O3. The van der Waals surface area contributed by atoms with Crippen LogP contribution in [0.15, 0.2) is 54.6 Å². The van der Waals surface area contributed by atoms with Gasteiger partial charge in [0, 0.05) is 5.56 Å². The zero-order valence-electron chi connectivity index (χ0n) is 11.7. The zero-order chi connectivity index (χ0) is 14.8. The second-order valence-electron chi connectivity index (χ2n) is 4.89. The standard InChI is InChI=1S/C18H16O3/c1-2-21-18(20)17(19)16-14-9-5-3-7-12(14)11-13-8-4-6-10-15(13)16/h3-11,17,19H,2H2,1H3. The number of ether oxygens (including phenoxy) is 1. The first kappa shape index (κ1) is 13.6. The number of fused-ring (bicyclic) bond motifs is 2. The first-order valence-electron chi connectivity index (χ1n) is 6.97. The van der Waals surface area contributed by atoms with E-state index >= 15 is 0 Å². The molecule has 0 spiro atoms. The highest BCUT2D eigenvalue weighted by atomic mass is 16.5. The van der Waals surface area contributed by atoms with E-state index in [2.05, 4.69) is 6.07 Å². The van der Waals surface area contributed by atoms with Gasteiger partial charge < -0.3 is 9.84 Å². The van der Waals surface area contributed by atoms with Gasteiger partial charge in [0.15, 0.2) is 6.10 Å². The summed E-state index contributed by atoms with van der Waals surface area (Å²) < 4.78 is 4.97. The minimum atomic E-state index is -1.28. The van der Waals surface area contributed by atoms with Gasteiger partial charge in [0.1, 0.15) is 0 Å². The first-order chi connectivity index (χ1) is 10.2. The van der Waals surface area contributed by atoms with Gasteiger partial charge in [-0.15, -0.1) is 0 Å². The number of hydrogen-bond acceptors (Lipinski definition) is 3. The Morgan fingerprint density at radius 1 is 1.05 bits per heavy atom. The van der Waals surface area contributed by atoms with Crippen LogP contribution in [0, 0.1) is 0 Å². The van der Waals surface area contributed by atoms with E-state index in [1.54, 1.807) is 6.92 Å². The molecule has 0 saturated carbocycles. The predicted octanol–water partition coefficient (Wildman–Crippen LogP) is 3.59. The van der Waals surface area contributed by atoms with Crippen molar-refractivity contribution in [2.24, 2.45) is 0 Å². The average Bonchev–Trinajstić information content (AvgIpc) is 2.52. The van der Waals surface area contributed by atoms with Crippen molar-refractivity contribution in [3.05, 3.63) is 60.2 Å². The second-order valence-corrected chi connectivity index (χ2v) is 4.89. The van der Waals surface area contributed by atoms with E-state index in [4.69, 9.17) is 4.74 Å². The monoisotopic (exact) mass is 280 g/mol. The summed E-state index contributed by atoms with van der Waals surface area (Å²) in [7, 11) is 0. The molecule has 1 unspecified atom stereocenters. The fourth-order valence-electron chi connectivity index (χ4n) is 2.68. The van der Waals surface area contributed by atoms with Gasteiger partial charge in [0.2, 0.25) is 0 Å². The van der Waals surface area contributed by atoms with Crippen LogP contribution in [0.4, 0.5) is 0 Å². The van der Waals surface area contributed by atoms with Crippen LogP contribution in [0.2, 0.25) is 0 Å². The minimum absolute atomic E-state index is 0.249. The molecule has 3 aromatic carbocycles. The van der Waals surface area contributed by atoms with Crippen LogP contribution in [-0.4, -0.2) is 17.7 Å². The van der Waals surface area contributed by atoms with Gasteiger partial charge in [-0.25, -0.2) is 4.79 Å². The molecule has 0 radical (unpaired) electrons. The van der Waals surface area contributed by atoms with E-state index in [0.717, 1.165) is 21.5 Å². The third-order valence-corrected chi connectivity index (χ3v) is 3.60. The number of esters is 1. The molecule has 0 bridgehead atoms. The van der Waals surface area contributed by atoms with Crippen LogP contribution in [-0.2, 0) is 9.53 Å². The molecular weight excluding hydrogens is 264 g/mol. The third kappa shape index (κ3) is 2.36. The number of aliphatic hydroxyl groups excluding tert-OH is 1. The molecule has 0 aliphatic heterocycles. The SMILES string of the molecule is CCOC(=O)C(O)c1c2ccccc2cc2ccccc12. The zero-order valence-corrected chi connectivity index (χ0v) is 11.7. The summed E-state index contributed by atoms with van der Waals surface area (Å²) in [5.74, 6) is -0.612. The van der Waals surface area contributed by atoms with Crippen LogP contribution in [0.25, 0.3) is 21.5 Å². The lowest BCUT2D eigenvalue weighted by Gasteiger charge is -2.16. The first-order valence-corrected chi connectivity index (χ1v) is 6.97. The van der Waals surface area contributed by atoms with Crippen molar-refractivity contribution >= 4 is 27.5 Å². The summed E-state index contributed by atoms with van der Waals surface area (Å²) in [6.07, 6.45) is -1.28. The highest BCUT2D eigenvalue weighted by molar-refractivity contribution is 6.04. The van der Waals surface area contributed by atoms with Gasteiger partial charge in [-0.05, 0) is 34.5 Å². The maximum atomic E-state index is 12.0. The maximum absolute atomic E-state index is 12.0. The molecule has 1 N–H and O–H groups in total. The van der Waals surface area contributed by atoms with Crippen LogP contribution in [0.3, 0.4) is 0 Å². The molecule has 3 rings (SSSR count). The van der Waals surface area contributed by atoms with Crippen LogP contribution in [0.1, 0.15) is 18.6 Å². The predicted molar refractivity (Wildman–Crippen MR) is 83.0 cm³/mol. The normalized spacial score (nSPS) is 12.5. The third-order valence-electron chi connectivity index (χ3n) is 3.60. The lowest BCUT2D eigenvalue weighted by atomic mass is 9.93. The van der Waals surface area contributed by atoms with E-state index in [1.807, 2.05) is 48.5 Å². The van der Waals surface area contributed by atoms with Crippen molar-refractivity contribution < 1.29 is 14.6 Å². The number of rotatable bonds is 3. The van der Waals surface area contributed by atoms with Crippen molar-refractivity contribution in [2.45, 2.75) is 13.0 Å². The van der Waals surface area contributed by atoms with Crippen LogP contribution < -0.4 is 0 Å². The van der Waals surface area contributed by atoms with Crippen molar-refractivity contribution in [1.29, 1.82) is 0 Å². The number of benzene rings is 3. The Morgan fingerprint density at radius 2 is 1.57 bits per heavy atom. The Labute approximate surface area is 122 Å². The fourth-order valence-corrected chi connectivity index (χ4v) is 2.68. The second kappa shape index (κ2) is 5.54.